The summed E-state index contributed by atoms with van der Waals surface area (Å²) in [7, 11) is 3.24. The molecule has 0 amide bonds. The number of nitro groups is 1. The van der Waals surface area contributed by atoms with E-state index in [1.54, 1.807) is 20.3 Å². The number of ether oxygens (including phenoxy) is 2. The number of non-ortho nitro benzene ring substituents is 1. The van der Waals surface area contributed by atoms with E-state index in [2.05, 4.69) is 0 Å². The second-order valence-corrected chi connectivity index (χ2v) is 4.40. The van der Waals surface area contributed by atoms with Gasteiger partial charge in [0.2, 0.25) is 0 Å². The summed E-state index contributed by atoms with van der Waals surface area (Å²) in [5.41, 5.74) is 0.882. The van der Waals surface area contributed by atoms with Crippen molar-refractivity contribution in [3.63, 3.8) is 0 Å². The molecule has 21 heavy (non-hydrogen) atoms. The summed E-state index contributed by atoms with van der Waals surface area (Å²) in [6, 6.07) is 6.34. The highest BCUT2D eigenvalue weighted by Crippen LogP contribution is 2.25. The third kappa shape index (κ3) is 5.02. The van der Waals surface area contributed by atoms with Crippen molar-refractivity contribution in [2.24, 2.45) is 0 Å². The zero-order valence-electron chi connectivity index (χ0n) is 12.2. The van der Waals surface area contributed by atoms with Gasteiger partial charge in [0.05, 0.1) is 22.8 Å². The van der Waals surface area contributed by atoms with Gasteiger partial charge >= 0.3 is 0 Å². The number of rotatable bonds is 9. The van der Waals surface area contributed by atoms with Crippen LogP contribution in [0.4, 0.5) is 11.4 Å². The minimum absolute atomic E-state index is 0.0844. The van der Waals surface area contributed by atoms with Crippen molar-refractivity contribution in [3.05, 3.63) is 33.9 Å². The number of methoxy groups -OCH3 is 2. The molecule has 0 heterocycles. The Kier molecular flexibility index (Phi) is 7.15. The van der Waals surface area contributed by atoms with Gasteiger partial charge in [-0.15, -0.1) is 0 Å². The molecule has 0 N–H and O–H groups in total. The lowest BCUT2D eigenvalue weighted by molar-refractivity contribution is -0.384. The first-order valence-corrected chi connectivity index (χ1v) is 6.55. The van der Waals surface area contributed by atoms with E-state index in [1.807, 2.05) is 11.0 Å². The zero-order chi connectivity index (χ0) is 15.7. The van der Waals surface area contributed by atoms with Gasteiger partial charge in [-0.1, -0.05) is 0 Å². The summed E-state index contributed by atoms with van der Waals surface area (Å²) >= 11 is 0. The van der Waals surface area contributed by atoms with E-state index in [4.69, 9.17) is 9.47 Å². The van der Waals surface area contributed by atoms with Gasteiger partial charge < -0.3 is 14.4 Å². The first kappa shape index (κ1) is 16.9. The minimum Gasteiger partial charge on any atom is -0.385 e. The van der Waals surface area contributed by atoms with Crippen LogP contribution >= 0.6 is 0 Å². The Labute approximate surface area is 123 Å². The molecule has 1 rings (SSSR count). The SMILES string of the molecule is COCCCN(CCOC)c1ccc([N+](=O)[O-])cc1C#N. The summed E-state index contributed by atoms with van der Waals surface area (Å²) in [5.74, 6) is 0. The third-order valence-corrected chi connectivity index (χ3v) is 2.99. The Balaban J connectivity index is 2.99. The molecule has 0 atom stereocenters. The van der Waals surface area contributed by atoms with Crippen molar-refractivity contribution in [1.29, 1.82) is 5.26 Å². The van der Waals surface area contributed by atoms with Crippen LogP contribution in [0.5, 0.6) is 0 Å². The summed E-state index contributed by atoms with van der Waals surface area (Å²) in [4.78, 5) is 12.3. The van der Waals surface area contributed by atoms with Crippen LogP contribution in [0, 0.1) is 21.4 Å². The maximum Gasteiger partial charge on any atom is 0.270 e. The van der Waals surface area contributed by atoms with Crippen molar-refractivity contribution in [2.75, 3.05) is 45.4 Å². The van der Waals surface area contributed by atoms with Crippen LogP contribution in [0.2, 0.25) is 0 Å². The Bertz CT molecular complexity index is 513. The Morgan fingerprint density at radius 1 is 1.29 bits per heavy atom. The third-order valence-electron chi connectivity index (χ3n) is 2.99. The van der Waals surface area contributed by atoms with Gasteiger partial charge in [0.25, 0.3) is 5.69 Å². The van der Waals surface area contributed by atoms with Crippen molar-refractivity contribution < 1.29 is 14.4 Å². The first-order valence-electron chi connectivity index (χ1n) is 6.55. The molecule has 0 aromatic heterocycles. The smallest absolute Gasteiger partial charge is 0.270 e. The number of nitrogens with zero attached hydrogens (tertiary/aromatic N) is 3. The topological polar surface area (TPSA) is 88.6 Å². The molecule has 0 aliphatic heterocycles. The molecule has 1 aromatic carbocycles. The van der Waals surface area contributed by atoms with Crippen LogP contribution in [-0.2, 0) is 9.47 Å². The zero-order valence-corrected chi connectivity index (χ0v) is 12.2. The average Bonchev–Trinajstić information content (AvgIpc) is 2.50. The fraction of sp³-hybridized carbons (Fsp3) is 0.500. The second-order valence-electron chi connectivity index (χ2n) is 4.40. The molecule has 0 unspecified atom stereocenters. The average molecular weight is 293 g/mol. The maximum atomic E-state index is 10.8. The minimum atomic E-state index is -0.505. The van der Waals surface area contributed by atoms with E-state index >= 15 is 0 Å². The van der Waals surface area contributed by atoms with Crippen LogP contribution in [0.25, 0.3) is 0 Å². The van der Waals surface area contributed by atoms with Crippen LogP contribution < -0.4 is 4.90 Å². The molecule has 0 aliphatic rings. The van der Waals surface area contributed by atoms with E-state index < -0.39 is 4.92 Å². The normalized spacial score (nSPS) is 10.1. The quantitative estimate of drug-likeness (QED) is 0.393. The highest BCUT2D eigenvalue weighted by Gasteiger charge is 2.15. The largest absolute Gasteiger partial charge is 0.385 e. The maximum absolute atomic E-state index is 10.8. The van der Waals surface area contributed by atoms with Gasteiger partial charge in [0.15, 0.2) is 0 Å². The molecule has 0 saturated heterocycles. The van der Waals surface area contributed by atoms with E-state index in [-0.39, 0.29) is 11.3 Å². The molecule has 1 aromatic rings. The number of nitro benzene ring substituents is 1. The number of benzene rings is 1. The van der Waals surface area contributed by atoms with Crippen LogP contribution in [-0.4, -0.2) is 45.4 Å². The Morgan fingerprint density at radius 2 is 2.00 bits per heavy atom. The van der Waals surface area contributed by atoms with Crippen LogP contribution in [0.1, 0.15) is 12.0 Å². The number of nitriles is 1. The lowest BCUT2D eigenvalue weighted by Gasteiger charge is -2.25. The molecule has 0 saturated carbocycles. The molecule has 0 aliphatic carbocycles. The van der Waals surface area contributed by atoms with Gasteiger partial charge in [-0.05, 0) is 12.5 Å². The fourth-order valence-electron chi connectivity index (χ4n) is 1.96. The molecule has 114 valence electrons. The van der Waals surface area contributed by atoms with E-state index in [1.165, 1.54) is 12.1 Å². The summed E-state index contributed by atoms with van der Waals surface area (Å²) in [6.45, 7) is 2.41. The number of anilines is 1. The van der Waals surface area contributed by atoms with Gasteiger partial charge in [0.1, 0.15) is 6.07 Å². The molecule has 7 nitrogen and oxygen atoms in total. The van der Waals surface area contributed by atoms with Gasteiger partial charge in [0, 0.05) is 46.0 Å². The van der Waals surface area contributed by atoms with E-state index in [0.717, 1.165) is 6.42 Å². The van der Waals surface area contributed by atoms with Gasteiger partial charge in [-0.3, -0.25) is 10.1 Å². The van der Waals surface area contributed by atoms with Gasteiger partial charge in [-0.2, -0.15) is 5.26 Å². The predicted molar refractivity (Wildman–Crippen MR) is 78.4 cm³/mol. The van der Waals surface area contributed by atoms with Gasteiger partial charge in [-0.25, -0.2) is 0 Å². The van der Waals surface area contributed by atoms with Crippen molar-refractivity contribution in [3.8, 4) is 6.07 Å². The lowest BCUT2D eigenvalue weighted by Crippen LogP contribution is -2.29. The number of hydrogen-bond acceptors (Lipinski definition) is 6. The van der Waals surface area contributed by atoms with Crippen LogP contribution in [0.15, 0.2) is 18.2 Å². The number of hydrogen-bond donors (Lipinski definition) is 0. The second kappa shape index (κ2) is 8.89. The summed E-state index contributed by atoms with van der Waals surface area (Å²) < 4.78 is 10.1. The summed E-state index contributed by atoms with van der Waals surface area (Å²) in [5, 5.41) is 20.0. The molecular weight excluding hydrogens is 274 g/mol. The fourth-order valence-corrected chi connectivity index (χ4v) is 1.96. The highest BCUT2D eigenvalue weighted by molar-refractivity contribution is 5.63. The Morgan fingerprint density at radius 3 is 2.57 bits per heavy atom. The first-order chi connectivity index (χ1) is 10.1. The standard InChI is InChI=1S/C14H19N3O4/c1-20-8-3-6-16(7-9-21-2)14-5-4-13(17(18)19)10-12(14)11-15/h4-5,10H,3,6-9H2,1-2H3. The molecule has 7 heteroatoms. The van der Waals surface area contributed by atoms with E-state index in [0.29, 0.717) is 32.0 Å². The predicted octanol–water partition coefficient (Wildman–Crippen LogP) is 1.96. The molecular formula is C14H19N3O4. The summed E-state index contributed by atoms with van der Waals surface area (Å²) in [6.07, 6.45) is 0.794. The lowest BCUT2D eigenvalue weighted by atomic mass is 10.1. The van der Waals surface area contributed by atoms with Crippen LogP contribution in [0.3, 0.4) is 0 Å². The molecule has 0 bridgehead atoms. The van der Waals surface area contributed by atoms with Crippen molar-refractivity contribution in [1.82, 2.24) is 0 Å². The van der Waals surface area contributed by atoms with E-state index in [9.17, 15) is 15.4 Å². The monoisotopic (exact) mass is 293 g/mol. The van der Waals surface area contributed by atoms with Crippen molar-refractivity contribution >= 4 is 11.4 Å². The molecule has 0 spiro atoms. The van der Waals surface area contributed by atoms with Crippen molar-refractivity contribution in [2.45, 2.75) is 6.42 Å². The molecule has 0 fully saturated rings. The molecule has 0 radical (unpaired) electrons. The highest BCUT2D eigenvalue weighted by atomic mass is 16.6. The Hall–Kier alpha value is -2.17.